The summed E-state index contributed by atoms with van der Waals surface area (Å²) in [7, 11) is 1.64. The summed E-state index contributed by atoms with van der Waals surface area (Å²) < 4.78 is 7.89. The van der Waals surface area contributed by atoms with E-state index in [-0.39, 0.29) is 0 Å². The van der Waals surface area contributed by atoms with Crippen LogP contribution in [0.4, 0.5) is 5.69 Å². The average Bonchev–Trinajstić information content (AvgIpc) is 3.03. The third-order valence-electron chi connectivity index (χ3n) is 3.15. The number of anilines is 1. The fourth-order valence-electron chi connectivity index (χ4n) is 2.03. The van der Waals surface area contributed by atoms with E-state index in [0.29, 0.717) is 6.54 Å². The topological polar surface area (TPSA) is 64.9 Å². The van der Waals surface area contributed by atoms with Crippen molar-refractivity contribution in [1.82, 2.24) is 20.2 Å². The number of rotatable bonds is 5. The standard InChI is InChI=1S/C15H14BrN5O/c1-22-12-7-8-13(16)14(9-12)17-10-15-18-19-20-21(15)11-5-3-2-4-6-11/h2-9,17H,10H2,1H3. The summed E-state index contributed by atoms with van der Waals surface area (Å²) in [6.45, 7) is 0.494. The van der Waals surface area contributed by atoms with E-state index in [2.05, 4.69) is 36.8 Å². The summed E-state index contributed by atoms with van der Waals surface area (Å²) in [5.41, 5.74) is 1.84. The number of nitrogens with one attached hydrogen (secondary N) is 1. The Morgan fingerprint density at radius 3 is 2.77 bits per heavy atom. The van der Waals surface area contributed by atoms with Crippen LogP contribution in [0, 0.1) is 0 Å². The third-order valence-corrected chi connectivity index (χ3v) is 3.84. The van der Waals surface area contributed by atoms with Gasteiger partial charge in [-0.3, -0.25) is 0 Å². The molecule has 1 aromatic heterocycles. The highest BCUT2D eigenvalue weighted by Gasteiger charge is 2.09. The predicted molar refractivity (Wildman–Crippen MR) is 87.2 cm³/mol. The van der Waals surface area contributed by atoms with E-state index < -0.39 is 0 Å². The van der Waals surface area contributed by atoms with Crippen LogP contribution in [0.5, 0.6) is 5.75 Å². The van der Waals surface area contributed by atoms with Gasteiger partial charge < -0.3 is 10.1 Å². The lowest BCUT2D eigenvalue weighted by atomic mass is 10.3. The number of methoxy groups -OCH3 is 1. The molecule has 0 radical (unpaired) electrons. The lowest BCUT2D eigenvalue weighted by molar-refractivity contribution is 0.415. The number of tetrazole rings is 1. The smallest absolute Gasteiger partial charge is 0.175 e. The predicted octanol–water partition coefficient (Wildman–Crippen LogP) is 3.05. The van der Waals surface area contributed by atoms with E-state index in [0.717, 1.165) is 27.4 Å². The molecule has 0 spiro atoms. The molecule has 0 aliphatic carbocycles. The van der Waals surface area contributed by atoms with E-state index in [1.165, 1.54) is 0 Å². The van der Waals surface area contributed by atoms with Crippen LogP contribution < -0.4 is 10.1 Å². The van der Waals surface area contributed by atoms with Gasteiger partial charge in [0.15, 0.2) is 5.82 Å². The van der Waals surface area contributed by atoms with E-state index in [1.54, 1.807) is 11.8 Å². The second-order valence-corrected chi connectivity index (χ2v) is 5.40. The third kappa shape index (κ3) is 3.09. The number of aromatic nitrogens is 4. The molecular formula is C15H14BrN5O. The Bertz CT molecular complexity index is 760. The van der Waals surface area contributed by atoms with Crippen molar-refractivity contribution in [2.75, 3.05) is 12.4 Å². The Hall–Kier alpha value is -2.41. The number of halogens is 1. The van der Waals surface area contributed by atoms with Gasteiger partial charge in [0.25, 0.3) is 0 Å². The minimum atomic E-state index is 0.494. The molecule has 0 fully saturated rings. The fourth-order valence-corrected chi connectivity index (χ4v) is 2.41. The van der Waals surface area contributed by atoms with Gasteiger partial charge in [-0.2, -0.15) is 4.68 Å². The van der Waals surface area contributed by atoms with E-state index in [1.807, 2.05) is 48.5 Å². The van der Waals surface area contributed by atoms with Gasteiger partial charge in [-0.15, -0.1) is 5.10 Å². The van der Waals surface area contributed by atoms with Crippen molar-refractivity contribution >= 4 is 21.6 Å². The quantitative estimate of drug-likeness (QED) is 0.758. The van der Waals surface area contributed by atoms with Crippen molar-refractivity contribution in [2.24, 2.45) is 0 Å². The molecule has 3 aromatic rings. The van der Waals surface area contributed by atoms with Gasteiger partial charge in [0, 0.05) is 10.5 Å². The van der Waals surface area contributed by atoms with Crippen molar-refractivity contribution < 1.29 is 4.74 Å². The van der Waals surface area contributed by atoms with Crippen LogP contribution in [0.3, 0.4) is 0 Å². The zero-order valence-corrected chi connectivity index (χ0v) is 13.5. The summed E-state index contributed by atoms with van der Waals surface area (Å²) in [4.78, 5) is 0. The zero-order valence-electron chi connectivity index (χ0n) is 11.9. The Morgan fingerprint density at radius 2 is 2.00 bits per heavy atom. The zero-order chi connectivity index (χ0) is 15.4. The number of benzene rings is 2. The minimum absolute atomic E-state index is 0.494. The average molecular weight is 360 g/mol. The maximum absolute atomic E-state index is 5.23. The van der Waals surface area contributed by atoms with Gasteiger partial charge in [0.1, 0.15) is 5.75 Å². The molecule has 112 valence electrons. The molecule has 0 aliphatic heterocycles. The molecule has 1 N–H and O–H groups in total. The molecule has 7 heteroatoms. The highest BCUT2D eigenvalue weighted by molar-refractivity contribution is 9.10. The molecule has 6 nitrogen and oxygen atoms in total. The Kier molecular flexibility index (Phi) is 4.34. The molecular weight excluding hydrogens is 346 g/mol. The number of nitrogens with zero attached hydrogens (tertiary/aromatic N) is 4. The van der Waals surface area contributed by atoms with Crippen LogP contribution in [-0.4, -0.2) is 27.3 Å². The lowest BCUT2D eigenvalue weighted by Gasteiger charge is -2.10. The van der Waals surface area contributed by atoms with E-state index in [9.17, 15) is 0 Å². The van der Waals surface area contributed by atoms with E-state index >= 15 is 0 Å². The van der Waals surface area contributed by atoms with Gasteiger partial charge in [-0.25, -0.2) is 0 Å². The van der Waals surface area contributed by atoms with Crippen molar-refractivity contribution in [3.05, 3.63) is 58.8 Å². The van der Waals surface area contributed by atoms with Crippen LogP contribution in [0.2, 0.25) is 0 Å². The maximum Gasteiger partial charge on any atom is 0.175 e. The second-order valence-electron chi connectivity index (χ2n) is 4.54. The number of para-hydroxylation sites is 1. The summed E-state index contributed by atoms with van der Waals surface area (Å²) in [6.07, 6.45) is 0. The van der Waals surface area contributed by atoms with Crippen molar-refractivity contribution in [1.29, 1.82) is 0 Å². The van der Waals surface area contributed by atoms with Gasteiger partial charge in [-0.1, -0.05) is 18.2 Å². The van der Waals surface area contributed by atoms with Gasteiger partial charge in [-0.05, 0) is 50.6 Å². The van der Waals surface area contributed by atoms with Crippen molar-refractivity contribution in [3.8, 4) is 11.4 Å². The normalized spacial score (nSPS) is 10.5. The van der Waals surface area contributed by atoms with Crippen molar-refractivity contribution in [2.45, 2.75) is 6.54 Å². The van der Waals surface area contributed by atoms with Gasteiger partial charge in [0.2, 0.25) is 0 Å². The van der Waals surface area contributed by atoms with Crippen LogP contribution >= 0.6 is 15.9 Å². The summed E-state index contributed by atoms with van der Waals surface area (Å²) >= 11 is 3.51. The lowest BCUT2D eigenvalue weighted by Crippen LogP contribution is -2.09. The summed E-state index contributed by atoms with van der Waals surface area (Å²) in [6, 6.07) is 15.5. The van der Waals surface area contributed by atoms with Crippen LogP contribution in [-0.2, 0) is 6.54 Å². The SMILES string of the molecule is COc1ccc(Br)c(NCc2nnnn2-c2ccccc2)c1. The number of hydrogen-bond donors (Lipinski definition) is 1. The minimum Gasteiger partial charge on any atom is -0.497 e. The number of ether oxygens (including phenoxy) is 1. The molecule has 3 rings (SSSR count). The molecule has 1 heterocycles. The number of hydrogen-bond acceptors (Lipinski definition) is 5. The second kappa shape index (κ2) is 6.57. The van der Waals surface area contributed by atoms with Crippen LogP contribution in [0.25, 0.3) is 5.69 Å². The molecule has 2 aromatic carbocycles. The molecule has 22 heavy (non-hydrogen) atoms. The maximum atomic E-state index is 5.23. The highest BCUT2D eigenvalue weighted by atomic mass is 79.9. The molecule has 0 aliphatic rings. The monoisotopic (exact) mass is 359 g/mol. The Morgan fingerprint density at radius 1 is 1.18 bits per heavy atom. The first kappa shape index (κ1) is 14.5. The fraction of sp³-hybridized carbons (Fsp3) is 0.133. The summed E-state index contributed by atoms with van der Waals surface area (Å²) in [5.74, 6) is 1.51. The molecule has 0 atom stereocenters. The molecule has 0 saturated carbocycles. The van der Waals surface area contributed by atoms with Gasteiger partial charge >= 0.3 is 0 Å². The van der Waals surface area contributed by atoms with Crippen LogP contribution in [0.1, 0.15) is 5.82 Å². The highest BCUT2D eigenvalue weighted by Crippen LogP contribution is 2.27. The Balaban J connectivity index is 1.80. The largest absolute Gasteiger partial charge is 0.497 e. The molecule has 0 saturated heterocycles. The molecule has 0 bridgehead atoms. The summed E-state index contributed by atoms with van der Waals surface area (Å²) in [5, 5.41) is 15.2. The van der Waals surface area contributed by atoms with Gasteiger partial charge in [0.05, 0.1) is 25.0 Å². The Labute approximate surface area is 136 Å². The van der Waals surface area contributed by atoms with Crippen molar-refractivity contribution in [3.63, 3.8) is 0 Å². The molecule has 0 amide bonds. The first-order valence-electron chi connectivity index (χ1n) is 6.68. The first-order chi connectivity index (χ1) is 10.8. The first-order valence-corrected chi connectivity index (χ1v) is 7.47. The molecule has 0 unspecified atom stereocenters. The van der Waals surface area contributed by atoms with E-state index in [4.69, 9.17) is 4.74 Å². The van der Waals surface area contributed by atoms with Crippen LogP contribution in [0.15, 0.2) is 53.0 Å².